The molecule has 3 heteroatoms. The second kappa shape index (κ2) is 5.85. The molecule has 1 atom stereocenters. The fourth-order valence-electron chi connectivity index (χ4n) is 1.91. The van der Waals surface area contributed by atoms with Gasteiger partial charge in [0.1, 0.15) is 18.2 Å². The first-order chi connectivity index (χ1) is 9.08. The van der Waals surface area contributed by atoms with E-state index in [0.717, 1.165) is 11.1 Å². The Balaban J connectivity index is 2.19. The number of rotatable bonds is 4. The lowest BCUT2D eigenvalue weighted by atomic mass is 10.1. The number of aliphatic hydroxyl groups excluding tert-OH is 1. The molecule has 2 aromatic carbocycles. The molecule has 19 heavy (non-hydrogen) atoms. The van der Waals surface area contributed by atoms with Gasteiger partial charge in [-0.05, 0) is 37.1 Å². The maximum absolute atomic E-state index is 13.3. The minimum absolute atomic E-state index is 0.357. The van der Waals surface area contributed by atoms with Gasteiger partial charge in [-0.15, -0.1) is 0 Å². The first-order valence-electron chi connectivity index (χ1n) is 6.22. The van der Waals surface area contributed by atoms with Crippen LogP contribution in [0.25, 0.3) is 0 Å². The zero-order valence-corrected chi connectivity index (χ0v) is 11.1. The van der Waals surface area contributed by atoms with E-state index in [4.69, 9.17) is 4.74 Å². The van der Waals surface area contributed by atoms with Gasteiger partial charge in [0.15, 0.2) is 0 Å². The van der Waals surface area contributed by atoms with Crippen molar-refractivity contribution in [1.82, 2.24) is 0 Å². The van der Waals surface area contributed by atoms with Crippen molar-refractivity contribution in [1.29, 1.82) is 0 Å². The molecule has 0 aliphatic rings. The monoisotopic (exact) mass is 260 g/mol. The maximum atomic E-state index is 13.3. The van der Waals surface area contributed by atoms with E-state index < -0.39 is 6.10 Å². The normalized spacial score (nSPS) is 12.2. The van der Waals surface area contributed by atoms with Crippen LogP contribution in [0.4, 0.5) is 4.39 Å². The highest BCUT2D eigenvalue weighted by Gasteiger charge is 2.11. The van der Waals surface area contributed by atoms with Crippen LogP contribution in [0.15, 0.2) is 42.5 Å². The fourth-order valence-corrected chi connectivity index (χ4v) is 1.91. The Morgan fingerprint density at radius 3 is 2.63 bits per heavy atom. The molecule has 2 nitrogen and oxygen atoms in total. The molecule has 2 rings (SSSR count). The van der Waals surface area contributed by atoms with Gasteiger partial charge in [-0.3, -0.25) is 0 Å². The molecular weight excluding hydrogens is 243 g/mol. The van der Waals surface area contributed by atoms with E-state index in [1.807, 2.05) is 31.2 Å². The van der Waals surface area contributed by atoms with E-state index >= 15 is 0 Å². The minimum Gasteiger partial charge on any atom is -0.488 e. The summed E-state index contributed by atoms with van der Waals surface area (Å²) in [7, 11) is 0. The molecule has 0 heterocycles. The lowest BCUT2D eigenvalue weighted by molar-refractivity contribution is 0.189. The van der Waals surface area contributed by atoms with Crippen LogP contribution in [0.2, 0.25) is 0 Å². The molecule has 0 spiro atoms. The topological polar surface area (TPSA) is 29.5 Å². The van der Waals surface area contributed by atoms with Crippen molar-refractivity contribution < 1.29 is 14.2 Å². The van der Waals surface area contributed by atoms with E-state index in [1.54, 1.807) is 13.0 Å². The number of ether oxygens (including phenoxy) is 1. The average Bonchev–Trinajstić information content (AvgIpc) is 2.37. The molecule has 0 bridgehead atoms. The molecule has 0 saturated carbocycles. The van der Waals surface area contributed by atoms with E-state index in [1.165, 1.54) is 12.1 Å². The van der Waals surface area contributed by atoms with E-state index in [0.29, 0.717) is 17.9 Å². The molecule has 2 aromatic rings. The maximum Gasteiger partial charge on any atom is 0.128 e. The predicted octanol–water partition coefficient (Wildman–Crippen LogP) is 3.77. The van der Waals surface area contributed by atoms with E-state index in [2.05, 4.69) is 0 Å². The number of benzene rings is 2. The summed E-state index contributed by atoms with van der Waals surface area (Å²) >= 11 is 0. The van der Waals surface area contributed by atoms with Gasteiger partial charge < -0.3 is 9.84 Å². The van der Waals surface area contributed by atoms with Crippen LogP contribution in [0.5, 0.6) is 5.75 Å². The van der Waals surface area contributed by atoms with Crippen LogP contribution >= 0.6 is 0 Å². The second-order valence-electron chi connectivity index (χ2n) is 4.57. The van der Waals surface area contributed by atoms with Gasteiger partial charge in [0.05, 0.1) is 6.10 Å². The highest BCUT2D eigenvalue weighted by Crippen LogP contribution is 2.27. The van der Waals surface area contributed by atoms with Crippen molar-refractivity contribution in [2.75, 3.05) is 0 Å². The Hall–Kier alpha value is -1.87. The van der Waals surface area contributed by atoms with E-state index in [-0.39, 0.29) is 5.82 Å². The number of aliphatic hydroxyl groups is 1. The first-order valence-corrected chi connectivity index (χ1v) is 6.22. The van der Waals surface area contributed by atoms with Crippen LogP contribution in [-0.2, 0) is 6.61 Å². The minimum atomic E-state index is -0.688. The molecule has 0 aromatic heterocycles. The third-order valence-electron chi connectivity index (χ3n) is 3.07. The molecule has 0 radical (unpaired) electrons. The predicted molar refractivity (Wildman–Crippen MR) is 72.5 cm³/mol. The third kappa shape index (κ3) is 3.32. The largest absolute Gasteiger partial charge is 0.488 e. The zero-order chi connectivity index (χ0) is 13.8. The number of halogens is 1. The SMILES string of the molecule is Cc1ccccc1COc1cc(F)ccc1[C@@H](C)O. The summed E-state index contributed by atoms with van der Waals surface area (Å²) in [5, 5.41) is 9.64. The van der Waals surface area contributed by atoms with E-state index in [9.17, 15) is 9.50 Å². The Kier molecular flexibility index (Phi) is 4.17. The molecule has 1 N–H and O–H groups in total. The Bertz CT molecular complexity index is 564. The van der Waals surface area contributed by atoms with Crippen molar-refractivity contribution in [2.45, 2.75) is 26.6 Å². The average molecular weight is 260 g/mol. The third-order valence-corrected chi connectivity index (χ3v) is 3.07. The Morgan fingerprint density at radius 2 is 1.95 bits per heavy atom. The molecule has 0 aliphatic carbocycles. The van der Waals surface area contributed by atoms with Crippen LogP contribution in [0.1, 0.15) is 29.7 Å². The van der Waals surface area contributed by atoms with Gasteiger partial charge in [-0.25, -0.2) is 4.39 Å². The molecule has 0 fully saturated rings. The summed E-state index contributed by atoms with van der Waals surface area (Å²) in [4.78, 5) is 0. The summed E-state index contributed by atoms with van der Waals surface area (Å²) in [5.41, 5.74) is 2.76. The van der Waals surface area contributed by atoms with Gasteiger partial charge in [0.25, 0.3) is 0 Å². The summed E-state index contributed by atoms with van der Waals surface area (Å²) < 4.78 is 18.9. The highest BCUT2D eigenvalue weighted by atomic mass is 19.1. The van der Waals surface area contributed by atoms with Crippen molar-refractivity contribution in [2.24, 2.45) is 0 Å². The van der Waals surface area contributed by atoms with Crippen molar-refractivity contribution in [3.05, 3.63) is 65.0 Å². The summed E-state index contributed by atoms with van der Waals surface area (Å²) in [6, 6.07) is 12.0. The van der Waals surface area contributed by atoms with Crippen molar-refractivity contribution in [3.8, 4) is 5.75 Å². The number of hydrogen-bond acceptors (Lipinski definition) is 2. The number of aryl methyl sites for hydroxylation is 1. The van der Waals surface area contributed by atoms with Crippen LogP contribution in [0, 0.1) is 12.7 Å². The molecule has 0 amide bonds. The Morgan fingerprint density at radius 1 is 1.21 bits per heavy atom. The van der Waals surface area contributed by atoms with Crippen molar-refractivity contribution >= 4 is 0 Å². The number of hydrogen-bond donors (Lipinski definition) is 1. The molecule has 100 valence electrons. The molecular formula is C16H17FO2. The Labute approximate surface area is 112 Å². The summed E-state index contributed by atoms with van der Waals surface area (Å²) in [5.74, 6) is 0.0161. The quantitative estimate of drug-likeness (QED) is 0.906. The second-order valence-corrected chi connectivity index (χ2v) is 4.57. The summed E-state index contributed by atoms with van der Waals surface area (Å²) in [6.45, 7) is 3.99. The fraction of sp³-hybridized carbons (Fsp3) is 0.250. The standard InChI is InChI=1S/C16H17FO2/c1-11-5-3-4-6-13(11)10-19-16-9-14(17)7-8-15(16)12(2)18/h3-9,12,18H,10H2,1-2H3/t12-/m1/s1. The lowest BCUT2D eigenvalue weighted by Gasteiger charge is -2.14. The molecule has 0 unspecified atom stereocenters. The van der Waals surface area contributed by atoms with Crippen molar-refractivity contribution in [3.63, 3.8) is 0 Å². The van der Waals surface area contributed by atoms with Gasteiger partial charge in [0.2, 0.25) is 0 Å². The van der Waals surface area contributed by atoms with Crippen LogP contribution < -0.4 is 4.74 Å². The van der Waals surface area contributed by atoms with Crippen LogP contribution in [-0.4, -0.2) is 5.11 Å². The van der Waals surface area contributed by atoms with Gasteiger partial charge in [-0.1, -0.05) is 24.3 Å². The first kappa shape index (κ1) is 13.6. The summed E-state index contributed by atoms with van der Waals surface area (Å²) in [6.07, 6.45) is -0.688. The van der Waals surface area contributed by atoms with Gasteiger partial charge in [-0.2, -0.15) is 0 Å². The smallest absolute Gasteiger partial charge is 0.128 e. The lowest BCUT2D eigenvalue weighted by Crippen LogP contribution is -2.02. The van der Waals surface area contributed by atoms with Crippen LogP contribution in [0.3, 0.4) is 0 Å². The van der Waals surface area contributed by atoms with Gasteiger partial charge >= 0.3 is 0 Å². The molecule has 0 aliphatic heterocycles. The zero-order valence-electron chi connectivity index (χ0n) is 11.1. The van der Waals surface area contributed by atoms with Gasteiger partial charge in [0, 0.05) is 11.6 Å². The highest BCUT2D eigenvalue weighted by molar-refractivity contribution is 5.36. The molecule has 0 saturated heterocycles.